The number of hydrogen-bond acceptors (Lipinski definition) is 3. The highest BCUT2D eigenvalue weighted by atomic mass is 32.1. The molecule has 0 fully saturated rings. The zero-order chi connectivity index (χ0) is 16.8. The molecule has 0 spiro atoms. The van der Waals surface area contributed by atoms with Crippen LogP contribution in [0.4, 0.5) is 0 Å². The lowest BCUT2D eigenvalue weighted by atomic mass is 10.1. The van der Waals surface area contributed by atoms with Gasteiger partial charge in [0, 0.05) is 22.9 Å². The van der Waals surface area contributed by atoms with E-state index in [9.17, 15) is 4.79 Å². The first-order valence-corrected chi connectivity index (χ1v) is 8.75. The molecule has 0 bridgehead atoms. The van der Waals surface area contributed by atoms with E-state index in [4.69, 9.17) is 4.74 Å². The van der Waals surface area contributed by atoms with Gasteiger partial charge in [-0.15, -0.1) is 11.3 Å². The lowest BCUT2D eigenvalue weighted by Gasteiger charge is -2.13. The Labute approximate surface area is 145 Å². The Balaban J connectivity index is 1.63. The minimum Gasteiger partial charge on any atom is -0.457 e. The standard InChI is InChI=1S/C20H19NO2S/c1-15(13-19-11-6-12-24-19)21-20(22)16-7-5-10-18(14-16)23-17-8-3-2-4-9-17/h2-12,14-15H,13H2,1H3,(H,21,22). The quantitative estimate of drug-likeness (QED) is 0.694. The number of hydrogen-bond donors (Lipinski definition) is 1. The van der Waals surface area contributed by atoms with E-state index in [0.29, 0.717) is 11.3 Å². The van der Waals surface area contributed by atoms with Gasteiger partial charge in [-0.1, -0.05) is 30.3 Å². The molecule has 0 aliphatic rings. The summed E-state index contributed by atoms with van der Waals surface area (Å²) in [7, 11) is 0. The molecule has 1 amide bonds. The molecular formula is C20H19NO2S. The van der Waals surface area contributed by atoms with Crippen LogP contribution in [0.3, 0.4) is 0 Å². The molecule has 0 saturated heterocycles. The third kappa shape index (κ3) is 4.46. The van der Waals surface area contributed by atoms with Crippen molar-refractivity contribution < 1.29 is 9.53 Å². The monoisotopic (exact) mass is 337 g/mol. The summed E-state index contributed by atoms with van der Waals surface area (Å²) in [5, 5.41) is 5.09. The summed E-state index contributed by atoms with van der Waals surface area (Å²) in [5.74, 6) is 1.32. The maximum absolute atomic E-state index is 12.4. The number of ether oxygens (including phenoxy) is 1. The van der Waals surface area contributed by atoms with Crippen LogP contribution in [-0.4, -0.2) is 11.9 Å². The summed E-state index contributed by atoms with van der Waals surface area (Å²) < 4.78 is 5.78. The topological polar surface area (TPSA) is 38.3 Å². The van der Waals surface area contributed by atoms with E-state index in [-0.39, 0.29) is 11.9 Å². The fourth-order valence-electron chi connectivity index (χ4n) is 2.41. The van der Waals surface area contributed by atoms with E-state index < -0.39 is 0 Å². The number of benzene rings is 2. The van der Waals surface area contributed by atoms with Gasteiger partial charge in [-0.3, -0.25) is 4.79 Å². The third-order valence-corrected chi connectivity index (χ3v) is 4.44. The van der Waals surface area contributed by atoms with E-state index in [1.165, 1.54) is 4.88 Å². The SMILES string of the molecule is CC(Cc1cccs1)NC(=O)c1cccc(Oc2ccccc2)c1. The summed E-state index contributed by atoms with van der Waals surface area (Å²) in [5.41, 5.74) is 0.599. The molecule has 1 N–H and O–H groups in total. The van der Waals surface area contributed by atoms with Crippen molar-refractivity contribution >= 4 is 17.2 Å². The smallest absolute Gasteiger partial charge is 0.251 e. The molecule has 1 atom stereocenters. The van der Waals surface area contributed by atoms with E-state index in [1.807, 2.05) is 60.8 Å². The largest absolute Gasteiger partial charge is 0.457 e. The van der Waals surface area contributed by atoms with Gasteiger partial charge in [-0.2, -0.15) is 0 Å². The van der Waals surface area contributed by atoms with Crippen LogP contribution in [0.5, 0.6) is 11.5 Å². The number of amides is 1. The summed E-state index contributed by atoms with van der Waals surface area (Å²) >= 11 is 1.71. The highest BCUT2D eigenvalue weighted by molar-refractivity contribution is 7.09. The molecule has 1 aromatic heterocycles. The van der Waals surface area contributed by atoms with Crippen molar-refractivity contribution in [1.82, 2.24) is 5.32 Å². The molecule has 3 aromatic rings. The van der Waals surface area contributed by atoms with Crippen molar-refractivity contribution in [3.8, 4) is 11.5 Å². The number of para-hydroxylation sites is 1. The molecule has 24 heavy (non-hydrogen) atoms. The average molecular weight is 337 g/mol. The first-order chi connectivity index (χ1) is 11.7. The van der Waals surface area contributed by atoms with E-state index in [0.717, 1.165) is 12.2 Å². The highest BCUT2D eigenvalue weighted by Crippen LogP contribution is 2.22. The highest BCUT2D eigenvalue weighted by Gasteiger charge is 2.11. The minimum atomic E-state index is -0.0856. The Hall–Kier alpha value is -2.59. The van der Waals surface area contributed by atoms with Crippen LogP contribution >= 0.6 is 11.3 Å². The Bertz CT molecular complexity index is 784. The number of carbonyl (C=O) groups excluding carboxylic acids is 1. The van der Waals surface area contributed by atoms with E-state index >= 15 is 0 Å². The average Bonchev–Trinajstić information content (AvgIpc) is 3.09. The summed E-state index contributed by atoms with van der Waals surface area (Å²) in [6.07, 6.45) is 0.837. The number of carbonyl (C=O) groups is 1. The second-order valence-electron chi connectivity index (χ2n) is 5.60. The van der Waals surface area contributed by atoms with Gasteiger partial charge in [-0.25, -0.2) is 0 Å². The Morgan fingerprint density at radius 1 is 1.04 bits per heavy atom. The van der Waals surface area contributed by atoms with Gasteiger partial charge in [-0.05, 0) is 48.7 Å². The second kappa shape index (κ2) is 7.79. The number of thiophene rings is 1. The van der Waals surface area contributed by atoms with Crippen molar-refractivity contribution in [2.45, 2.75) is 19.4 Å². The first-order valence-electron chi connectivity index (χ1n) is 7.87. The van der Waals surface area contributed by atoms with Crippen molar-refractivity contribution in [2.24, 2.45) is 0 Å². The Kier molecular flexibility index (Phi) is 5.29. The van der Waals surface area contributed by atoms with Crippen molar-refractivity contribution in [1.29, 1.82) is 0 Å². The summed E-state index contributed by atoms with van der Waals surface area (Å²) in [6, 6.07) is 21.0. The number of nitrogens with one attached hydrogen (secondary N) is 1. The van der Waals surface area contributed by atoms with Crippen LogP contribution in [0.15, 0.2) is 72.1 Å². The van der Waals surface area contributed by atoms with E-state index in [1.54, 1.807) is 23.5 Å². The fourth-order valence-corrected chi connectivity index (χ4v) is 3.25. The van der Waals surface area contributed by atoms with Gasteiger partial charge < -0.3 is 10.1 Å². The lowest BCUT2D eigenvalue weighted by molar-refractivity contribution is 0.0940. The van der Waals surface area contributed by atoms with Gasteiger partial charge in [0.2, 0.25) is 0 Å². The molecule has 0 radical (unpaired) electrons. The van der Waals surface area contributed by atoms with Crippen LogP contribution in [0, 0.1) is 0 Å². The summed E-state index contributed by atoms with van der Waals surface area (Å²) in [6.45, 7) is 2.02. The Morgan fingerprint density at radius 2 is 1.83 bits per heavy atom. The minimum absolute atomic E-state index is 0.0786. The molecule has 4 heteroatoms. The number of rotatable bonds is 6. The van der Waals surface area contributed by atoms with Crippen LogP contribution in [0.2, 0.25) is 0 Å². The van der Waals surface area contributed by atoms with Gasteiger partial charge in [0.25, 0.3) is 5.91 Å². The molecule has 0 aliphatic carbocycles. The summed E-state index contributed by atoms with van der Waals surface area (Å²) in [4.78, 5) is 13.7. The predicted molar refractivity (Wildman–Crippen MR) is 97.9 cm³/mol. The maximum Gasteiger partial charge on any atom is 0.251 e. The van der Waals surface area contributed by atoms with Gasteiger partial charge in [0.05, 0.1) is 0 Å². The molecule has 0 aliphatic heterocycles. The zero-order valence-electron chi connectivity index (χ0n) is 13.4. The van der Waals surface area contributed by atoms with Gasteiger partial charge in [0.15, 0.2) is 0 Å². The van der Waals surface area contributed by atoms with Crippen LogP contribution in [-0.2, 0) is 6.42 Å². The van der Waals surface area contributed by atoms with Crippen molar-refractivity contribution in [3.05, 3.63) is 82.6 Å². The van der Waals surface area contributed by atoms with E-state index in [2.05, 4.69) is 11.4 Å². The third-order valence-electron chi connectivity index (χ3n) is 3.54. The molecular weight excluding hydrogens is 318 g/mol. The molecule has 3 rings (SSSR count). The van der Waals surface area contributed by atoms with Crippen molar-refractivity contribution in [2.75, 3.05) is 0 Å². The molecule has 2 aromatic carbocycles. The first kappa shape index (κ1) is 16.3. The normalized spacial score (nSPS) is 11.7. The van der Waals surface area contributed by atoms with Gasteiger partial charge >= 0.3 is 0 Å². The zero-order valence-corrected chi connectivity index (χ0v) is 14.3. The van der Waals surface area contributed by atoms with Crippen LogP contribution in [0.25, 0.3) is 0 Å². The Morgan fingerprint density at radius 3 is 2.58 bits per heavy atom. The van der Waals surface area contributed by atoms with Crippen LogP contribution in [0.1, 0.15) is 22.2 Å². The molecule has 0 saturated carbocycles. The maximum atomic E-state index is 12.4. The lowest BCUT2D eigenvalue weighted by Crippen LogP contribution is -2.33. The predicted octanol–water partition coefficient (Wildman–Crippen LogP) is 4.90. The second-order valence-corrected chi connectivity index (χ2v) is 6.63. The van der Waals surface area contributed by atoms with Crippen LogP contribution < -0.4 is 10.1 Å². The van der Waals surface area contributed by atoms with Crippen molar-refractivity contribution in [3.63, 3.8) is 0 Å². The fraction of sp³-hybridized carbons (Fsp3) is 0.150. The molecule has 122 valence electrons. The molecule has 3 nitrogen and oxygen atoms in total. The molecule has 1 unspecified atom stereocenters. The molecule has 1 heterocycles. The van der Waals surface area contributed by atoms with Gasteiger partial charge in [0.1, 0.15) is 11.5 Å².